The van der Waals surface area contributed by atoms with Gasteiger partial charge in [-0.2, -0.15) is 0 Å². The molecule has 1 saturated heterocycles. The molecule has 14 heavy (non-hydrogen) atoms. The van der Waals surface area contributed by atoms with Gasteiger partial charge in [0, 0.05) is 28.9 Å². The molecule has 1 unspecified atom stereocenters. The third kappa shape index (κ3) is 2.16. The first-order valence-electron chi connectivity index (χ1n) is 4.08. The molecule has 1 heterocycles. The van der Waals surface area contributed by atoms with Gasteiger partial charge in [-0.15, -0.1) is 0 Å². The maximum Gasteiger partial charge on any atom is 0.331 e. The number of nitrogens with one attached hydrogen (secondary N) is 1. The second-order valence-electron chi connectivity index (χ2n) is 2.65. The molecule has 0 aromatic heterocycles. The molecule has 0 aromatic rings. The molecule has 1 aliphatic rings. The quantitative estimate of drug-likeness (QED) is 0.476. The molecular formula is C7H10N2O4S. The number of hydrogen-bond acceptors (Lipinski definition) is 4. The summed E-state index contributed by atoms with van der Waals surface area (Å²) in [4.78, 5) is 33.5. The van der Waals surface area contributed by atoms with Crippen LogP contribution in [0, 0.1) is 0 Å². The van der Waals surface area contributed by atoms with Crippen molar-refractivity contribution >= 4 is 28.6 Å². The predicted octanol–water partition coefficient (Wildman–Crippen LogP) is -1.17. The Morgan fingerprint density at radius 2 is 2.00 bits per heavy atom. The fourth-order valence-electron chi connectivity index (χ4n) is 0.973. The molecule has 7 heteroatoms. The van der Waals surface area contributed by atoms with E-state index in [0.29, 0.717) is 5.75 Å². The molecule has 1 N–H and O–H groups in total. The molecule has 1 atom stereocenters. The topological polar surface area (TPSA) is 83.6 Å². The van der Waals surface area contributed by atoms with Crippen molar-refractivity contribution in [2.45, 2.75) is 6.92 Å². The summed E-state index contributed by atoms with van der Waals surface area (Å²) in [6.45, 7) is 1.77. The lowest BCUT2D eigenvalue weighted by atomic mass is 10.5. The van der Waals surface area contributed by atoms with E-state index in [1.807, 2.05) is 5.32 Å². The van der Waals surface area contributed by atoms with Crippen LogP contribution in [-0.4, -0.2) is 45.0 Å². The van der Waals surface area contributed by atoms with Gasteiger partial charge in [-0.05, 0) is 0 Å². The molecule has 1 aliphatic heterocycles. The van der Waals surface area contributed by atoms with Crippen molar-refractivity contribution in [3.63, 3.8) is 0 Å². The van der Waals surface area contributed by atoms with Crippen molar-refractivity contribution in [3.05, 3.63) is 0 Å². The monoisotopic (exact) mass is 218 g/mol. The van der Waals surface area contributed by atoms with Crippen molar-refractivity contribution in [2.75, 3.05) is 18.1 Å². The van der Waals surface area contributed by atoms with E-state index in [9.17, 15) is 18.6 Å². The lowest BCUT2D eigenvalue weighted by Crippen LogP contribution is -2.34. The first kappa shape index (κ1) is 10.8. The zero-order valence-electron chi connectivity index (χ0n) is 7.61. The van der Waals surface area contributed by atoms with Crippen LogP contribution in [0.25, 0.3) is 0 Å². The fraction of sp³-hybridized carbons (Fsp3) is 0.571. The maximum absolute atomic E-state index is 11.0. The summed E-state index contributed by atoms with van der Waals surface area (Å²) in [5, 5.41) is 1.86. The van der Waals surface area contributed by atoms with E-state index in [2.05, 4.69) is 0 Å². The van der Waals surface area contributed by atoms with Gasteiger partial charge in [0.1, 0.15) is 0 Å². The Morgan fingerprint density at radius 1 is 1.36 bits per heavy atom. The van der Waals surface area contributed by atoms with Gasteiger partial charge in [-0.1, -0.05) is 6.92 Å². The first-order valence-corrected chi connectivity index (χ1v) is 5.56. The van der Waals surface area contributed by atoms with Crippen LogP contribution in [0.2, 0.25) is 0 Å². The van der Waals surface area contributed by atoms with Gasteiger partial charge in [0.15, 0.2) is 0 Å². The first-order chi connectivity index (χ1) is 6.56. The highest BCUT2D eigenvalue weighted by atomic mass is 32.2. The third-order valence-electron chi connectivity index (χ3n) is 1.77. The number of rotatable bonds is 4. The van der Waals surface area contributed by atoms with E-state index >= 15 is 0 Å². The number of hydrogen-bond donors (Lipinski definition) is 1. The van der Waals surface area contributed by atoms with Crippen molar-refractivity contribution in [1.29, 1.82) is 0 Å². The second-order valence-corrected chi connectivity index (χ2v) is 4.51. The Hall–Kier alpha value is -1.24. The number of amides is 4. The van der Waals surface area contributed by atoms with Crippen LogP contribution in [0.4, 0.5) is 4.79 Å². The van der Waals surface area contributed by atoms with Crippen molar-refractivity contribution in [1.82, 2.24) is 10.2 Å². The summed E-state index contributed by atoms with van der Waals surface area (Å²) in [5.74, 6) is -1.11. The van der Waals surface area contributed by atoms with Gasteiger partial charge in [0.25, 0.3) is 0 Å². The molecule has 0 spiro atoms. The smallest absolute Gasteiger partial charge is 0.269 e. The van der Waals surface area contributed by atoms with Crippen LogP contribution >= 0.6 is 0 Å². The molecule has 6 nitrogen and oxygen atoms in total. The Bertz CT molecular complexity index is 315. The highest BCUT2D eigenvalue weighted by Crippen LogP contribution is 2.00. The molecule has 4 amide bonds. The maximum atomic E-state index is 11.0. The van der Waals surface area contributed by atoms with E-state index in [1.165, 1.54) is 0 Å². The third-order valence-corrected chi connectivity index (χ3v) is 3.05. The van der Waals surface area contributed by atoms with Crippen LogP contribution in [-0.2, 0) is 20.4 Å². The molecule has 0 saturated carbocycles. The molecule has 0 radical (unpaired) electrons. The van der Waals surface area contributed by atoms with E-state index in [0.717, 1.165) is 4.90 Å². The summed E-state index contributed by atoms with van der Waals surface area (Å²) < 4.78 is 11.0. The van der Waals surface area contributed by atoms with Gasteiger partial charge in [0.05, 0.1) is 0 Å². The Kier molecular flexibility index (Phi) is 3.34. The summed E-state index contributed by atoms with van der Waals surface area (Å²) in [5.41, 5.74) is 0. The molecule has 78 valence electrons. The molecule has 0 bridgehead atoms. The van der Waals surface area contributed by atoms with Crippen molar-refractivity contribution in [3.8, 4) is 0 Å². The fourth-order valence-corrected chi connectivity index (χ4v) is 1.65. The number of urea groups is 1. The average molecular weight is 218 g/mol. The normalized spacial score (nSPS) is 18.6. The van der Waals surface area contributed by atoms with Gasteiger partial charge in [-0.3, -0.25) is 24.0 Å². The molecule has 0 aromatic carbocycles. The van der Waals surface area contributed by atoms with E-state index in [-0.39, 0.29) is 12.3 Å². The van der Waals surface area contributed by atoms with Gasteiger partial charge in [0.2, 0.25) is 0 Å². The lowest BCUT2D eigenvalue weighted by Gasteiger charge is -2.09. The Balaban J connectivity index is 2.53. The second kappa shape index (κ2) is 4.32. The summed E-state index contributed by atoms with van der Waals surface area (Å²) in [6.07, 6.45) is 0. The molecule has 0 aliphatic carbocycles. The van der Waals surface area contributed by atoms with Gasteiger partial charge in [-0.25, -0.2) is 4.79 Å². The van der Waals surface area contributed by atoms with E-state index in [4.69, 9.17) is 0 Å². The van der Waals surface area contributed by atoms with Crippen LogP contribution < -0.4 is 5.32 Å². The molecular weight excluding hydrogens is 208 g/mol. The zero-order chi connectivity index (χ0) is 10.7. The minimum atomic E-state index is -1.05. The zero-order valence-corrected chi connectivity index (χ0v) is 8.43. The highest BCUT2D eigenvalue weighted by Gasteiger charge is 2.36. The number of imide groups is 2. The van der Waals surface area contributed by atoms with Gasteiger partial charge >= 0.3 is 17.8 Å². The standard InChI is InChI=1S/C7H10N2O4S/c1-2-14(13)4-3-9-6(11)5(10)8-7(9)12/h2-4H2,1H3,(H,8,10,12). The number of carbonyl (C=O) groups excluding carboxylic acids is 3. The number of carbonyl (C=O) groups is 3. The van der Waals surface area contributed by atoms with Crippen molar-refractivity contribution in [2.24, 2.45) is 0 Å². The van der Waals surface area contributed by atoms with E-state index in [1.54, 1.807) is 6.92 Å². The summed E-state index contributed by atoms with van der Waals surface area (Å²) >= 11 is 0. The van der Waals surface area contributed by atoms with Crippen molar-refractivity contribution < 1.29 is 18.6 Å². The predicted molar refractivity (Wildman–Crippen MR) is 48.8 cm³/mol. The summed E-state index contributed by atoms with van der Waals surface area (Å²) in [6, 6.07) is -0.729. The van der Waals surface area contributed by atoms with Crippen LogP contribution in [0.1, 0.15) is 6.92 Å². The Morgan fingerprint density at radius 3 is 2.43 bits per heavy atom. The number of nitrogens with zero attached hydrogens (tertiary/aromatic N) is 1. The minimum Gasteiger partial charge on any atom is -0.269 e. The van der Waals surface area contributed by atoms with Crippen LogP contribution in [0.3, 0.4) is 0 Å². The minimum absolute atomic E-state index is 0.0247. The Labute approximate surface area is 83.1 Å². The highest BCUT2D eigenvalue weighted by molar-refractivity contribution is 7.84. The van der Waals surface area contributed by atoms with Crippen LogP contribution in [0.5, 0.6) is 0 Å². The molecule has 1 fully saturated rings. The van der Waals surface area contributed by atoms with Crippen LogP contribution in [0.15, 0.2) is 0 Å². The largest absolute Gasteiger partial charge is 0.331 e. The molecule has 1 rings (SSSR count). The average Bonchev–Trinajstić information content (AvgIpc) is 2.39. The lowest BCUT2D eigenvalue weighted by molar-refractivity contribution is -0.140. The summed E-state index contributed by atoms with van der Waals surface area (Å²) in [7, 11) is -1.05. The van der Waals surface area contributed by atoms with E-state index < -0.39 is 28.6 Å². The van der Waals surface area contributed by atoms with Gasteiger partial charge < -0.3 is 0 Å². The SMILES string of the molecule is CCS(=O)CCN1C(=O)NC(=O)C1=O.